The summed E-state index contributed by atoms with van der Waals surface area (Å²) in [5.74, 6) is 0.692. The highest BCUT2D eigenvalue weighted by atomic mass is 32.2. The Morgan fingerprint density at radius 1 is 1.26 bits per heavy atom. The highest BCUT2D eigenvalue weighted by Crippen LogP contribution is 2.28. The van der Waals surface area contributed by atoms with E-state index in [1.54, 1.807) is 38.1 Å². The molecule has 1 aromatic carbocycles. The average molecular weight is 282 g/mol. The van der Waals surface area contributed by atoms with Gasteiger partial charge in [0.25, 0.3) is 10.0 Å². The first-order chi connectivity index (χ1) is 8.95. The molecule has 1 N–H and O–H groups in total. The predicted octanol–water partition coefficient (Wildman–Crippen LogP) is 2.10. The van der Waals surface area contributed by atoms with E-state index in [4.69, 9.17) is 9.26 Å². The Bertz CT molecular complexity index is 672. The van der Waals surface area contributed by atoms with E-state index in [1.807, 2.05) is 0 Å². The Morgan fingerprint density at radius 2 is 1.95 bits per heavy atom. The number of ether oxygens (including phenoxy) is 1. The minimum absolute atomic E-state index is 0.0541. The second-order valence-corrected chi connectivity index (χ2v) is 5.58. The zero-order valence-corrected chi connectivity index (χ0v) is 11.6. The van der Waals surface area contributed by atoms with Gasteiger partial charge in [-0.05, 0) is 26.0 Å². The third kappa shape index (κ3) is 2.55. The predicted molar refractivity (Wildman–Crippen MR) is 69.8 cm³/mol. The van der Waals surface area contributed by atoms with Crippen molar-refractivity contribution in [3.63, 3.8) is 0 Å². The van der Waals surface area contributed by atoms with Gasteiger partial charge in [0, 0.05) is 0 Å². The standard InChI is InChI=1S/C12H14N2O4S/c1-8-12(9(2)18-13-8)19(15,16)14-10-6-4-5-7-11(10)17-3/h4-7,14H,1-3H3. The fraction of sp³-hybridized carbons (Fsp3) is 0.250. The summed E-state index contributed by atoms with van der Waals surface area (Å²) in [5, 5.41) is 3.64. The molecular formula is C12H14N2O4S. The number of methoxy groups -OCH3 is 1. The van der Waals surface area contributed by atoms with Crippen LogP contribution in [0.1, 0.15) is 11.5 Å². The number of nitrogens with one attached hydrogen (secondary N) is 1. The van der Waals surface area contributed by atoms with Crippen molar-refractivity contribution in [2.45, 2.75) is 18.7 Å². The molecule has 0 aliphatic carbocycles. The van der Waals surface area contributed by atoms with E-state index in [-0.39, 0.29) is 10.7 Å². The SMILES string of the molecule is COc1ccccc1NS(=O)(=O)c1c(C)noc1C. The van der Waals surface area contributed by atoms with Crippen LogP contribution in [0.3, 0.4) is 0 Å². The topological polar surface area (TPSA) is 81.4 Å². The van der Waals surface area contributed by atoms with Crippen molar-refractivity contribution < 1.29 is 17.7 Å². The molecule has 102 valence electrons. The van der Waals surface area contributed by atoms with Crippen LogP contribution in [0.5, 0.6) is 5.75 Å². The Morgan fingerprint density at radius 3 is 2.53 bits per heavy atom. The van der Waals surface area contributed by atoms with E-state index in [1.165, 1.54) is 7.11 Å². The minimum Gasteiger partial charge on any atom is -0.495 e. The molecule has 0 atom stereocenters. The maximum atomic E-state index is 12.3. The third-order valence-corrected chi connectivity index (χ3v) is 4.20. The molecule has 0 fully saturated rings. The van der Waals surface area contributed by atoms with E-state index in [0.717, 1.165) is 0 Å². The fourth-order valence-electron chi connectivity index (χ4n) is 1.78. The molecule has 0 amide bonds. The zero-order valence-electron chi connectivity index (χ0n) is 10.8. The Labute approximate surface area is 111 Å². The van der Waals surface area contributed by atoms with Gasteiger partial charge in [-0.3, -0.25) is 4.72 Å². The largest absolute Gasteiger partial charge is 0.495 e. The van der Waals surface area contributed by atoms with Crippen molar-refractivity contribution in [2.24, 2.45) is 0 Å². The fourth-order valence-corrected chi connectivity index (χ4v) is 3.19. The van der Waals surface area contributed by atoms with Gasteiger partial charge in [0.05, 0.1) is 12.8 Å². The summed E-state index contributed by atoms with van der Waals surface area (Å²) < 4.78 is 37.1. The van der Waals surface area contributed by atoms with Gasteiger partial charge in [-0.1, -0.05) is 17.3 Å². The van der Waals surface area contributed by atoms with Crippen LogP contribution in [0.4, 0.5) is 5.69 Å². The second kappa shape index (κ2) is 4.93. The first kappa shape index (κ1) is 13.4. The first-order valence-electron chi connectivity index (χ1n) is 5.54. The van der Waals surface area contributed by atoms with Gasteiger partial charge in [0.2, 0.25) is 0 Å². The van der Waals surface area contributed by atoms with Gasteiger partial charge in [0.15, 0.2) is 10.7 Å². The number of aromatic nitrogens is 1. The Hall–Kier alpha value is -2.02. The quantitative estimate of drug-likeness (QED) is 0.928. The van der Waals surface area contributed by atoms with Crippen molar-refractivity contribution in [1.82, 2.24) is 5.16 Å². The van der Waals surface area contributed by atoms with E-state index in [9.17, 15) is 8.42 Å². The van der Waals surface area contributed by atoms with Gasteiger partial charge in [-0.15, -0.1) is 0 Å². The lowest BCUT2D eigenvalue weighted by molar-refractivity contribution is 0.390. The van der Waals surface area contributed by atoms with Crippen LogP contribution in [0, 0.1) is 13.8 Å². The van der Waals surface area contributed by atoms with Gasteiger partial charge >= 0.3 is 0 Å². The summed E-state index contributed by atoms with van der Waals surface area (Å²) >= 11 is 0. The van der Waals surface area contributed by atoms with Crippen molar-refractivity contribution in [1.29, 1.82) is 0 Å². The van der Waals surface area contributed by atoms with Gasteiger partial charge in [0.1, 0.15) is 11.4 Å². The van der Waals surface area contributed by atoms with Crippen LogP contribution in [-0.2, 0) is 10.0 Å². The molecule has 0 spiro atoms. The average Bonchev–Trinajstić information content (AvgIpc) is 2.70. The second-order valence-electron chi connectivity index (χ2n) is 3.96. The highest BCUT2D eigenvalue weighted by molar-refractivity contribution is 7.92. The van der Waals surface area contributed by atoms with Crippen LogP contribution in [0.15, 0.2) is 33.7 Å². The molecule has 0 aliphatic heterocycles. The number of nitrogens with zero attached hydrogens (tertiary/aromatic N) is 1. The van der Waals surface area contributed by atoms with Crippen LogP contribution >= 0.6 is 0 Å². The zero-order chi connectivity index (χ0) is 14.0. The van der Waals surface area contributed by atoms with Crippen molar-refractivity contribution in [2.75, 3.05) is 11.8 Å². The van der Waals surface area contributed by atoms with Crippen LogP contribution in [-0.4, -0.2) is 20.7 Å². The van der Waals surface area contributed by atoms with Gasteiger partial charge in [-0.25, -0.2) is 8.42 Å². The van der Waals surface area contributed by atoms with Gasteiger partial charge in [-0.2, -0.15) is 0 Å². The Balaban J connectivity index is 2.43. The monoisotopic (exact) mass is 282 g/mol. The van der Waals surface area contributed by atoms with E-state index >= 15 is 0 Å². The molecule has 1 aromatic heterocycles. The molecule has 7 heteroatoms. The number of rotatable bonds is 4. The number of aryl methyl sites for hydroxylation is 2. The van der Waals surface area contributed by atoms with Crippen molar-refractivity contribution >= 4 is 15.7 Å². The maximum absolute atomic E-state index is 12.3. The summed E-state index contributed by atoms with van der Waals surface area (Å²) in [4.78, 5) is 0.0541. The van der Waals surface area contributed by atoms with Crippen LogP contribution in [0.2, 0.25) is 0 Å². The number of hydrogen-bond donors (Lipinski definition) is 1. The molecule has 0 radical (unpaired) electrons. The molecular weight excluding hydrogens is 268 g/mol. The molecule has 0 saturated heterocycles. The lowest BCUT2D eigenvalue weighted by Crippen LogP contribution is -2.15. The third-order valence-electron chi connectivity index (χ3n) is 2.59. The minimum atomic E-state index is -3.75. The molecule has 0 unspecified atom stereocenters. The highest BCUT2D eigenvalue weighted by Gasteiger charge is 2.25. The summed E-state index contributed by atoms with van der Waals surface area (Å²) in [6.45, 7) is 3.13. The molecule has 0 bridgehead atoms. The number of anilines is 1. The molecule has 0 aliphatic rings. The van der Waals surface area contributed by atoms with E-state index in [2.05, 4.69) is 9.88 Å². The molecule has 1 heterocycles. The summed E-state index contributed by atoms with van der Waals surface area (Å²) in [6, 6.07) is 6.76. The van der Waals surface area contributed by atoms with Crippen molar-refractivity contribution in [3.8, 4) is 5.75 Å². The number of hydrogen-bond acceptors (Lipinski definition) is 5. The number of para-hydroxylation sites is 2. The maximum Gasteiger partial charge on any atom is 0.267 e. The molecule has 2 rings (SSSR count). The number of benzene rings is 1. The first-order valence-corrected chi connectivity index (χ1v) is 7.02. The van der Waals surface area contributed by atoms with Gasteiger partial charge < -0.3 is 9.26 Å². The molecule has 19 heavy (non-hydrogen) atoms. The van der Waals surface area contributed by atoms with Crippen LogP contribution in [0.25, 0.3) is 0 Å². The van der Waals surface area contributed by atoms with Crippen molar-refractivity contribution in [3.05, 3.63) is 35.7 Å². The van der Waals surface area contributed by atoms with E-state index in [0.29, 0.717) is 17.1 Å². The normalized spacial score (nSPS) is 11.3. The number of sulfonamides is 1. The van der Waals surface area contributed by atoms with Crippen LogP contribution < -0.4 is 9.46 Å². The lowest BCUT2D eigenvalue weighted by Gasteiger charge is -2.11. The summed E-state index contributed by atoms with van der Waals surface area (Å²) in [7, 11) is -2.27. The smallest absolute Gasteiger partial charge is 0.267 e. The molecule has 0 saturated carbocycles. The molecule has 2 aromatic rings. The Kier molecular flexibility index (Phi) is 3.48. The summed E-state index contributed by atoms with van der Waals surface area (Å²) in [5.41, 5.74) is 0.685. The lowest BCUT2D eigenvalue weighted by atomic mass is 10.3. The van der Waals surface area contributed by atoms with E-state index < -0.39 is 10.0 Å². The molecule has 6 nitrogen and oxygen atoms in total. The summed E-state index contributed by atoms with van der Waals surface area (Å²) in [6.07, 6.45) is 0.